The number of nitrogens with one attached hydrogen (secondary N) is 3. The second-order valence-electron chi connectivity index (χ2n) is 9.38. The zero-order chi connectivity index (χ0) is 28.2. The molecule has 0 spiro atoms. The van der Waals surface area contributed by atoms with E-state index in [1.807, 2.05) is 31.1 Å². The SMILES string of the molecule is CNCCN(C)c1cccc(F)c1C1=CC(Cl)=NC=C2C1=CCc1cnc(Nc3ccc(C(=O)NC)cc3)nc12. The zero-order valence-corrected chi connectivity index (χ0v) is 23.2. The topological polar surface area (TPSA) is 94.5 Å². The number of aromatic nitrogens is 2. The van der Waals surface area contributed by atoms with Crippen molar-refractivity contribution in [1.29, 1.82) is 0 Å². The first-order chi connectivity index (χ1) is 19.4. The first kappa shape index (κ1) is 27.2. The highest BCUT2D eigenvalue weighted by Crippen LogP contribution is 2.43. The lowest BCUT2D eigenvalue weighted by Crippen LogP contribution is -2.28. The molecular formula is C30H29ClFN7O. The molecule has 40 heavy (non-hydrogen) atoms. The summed E-state index contributed by atoms with van der Waals surface area (Å²) in [6.45, 7) is 1.44. The van der Waals surface area contributed by atoms with Gasteiger partial charge in [-0.3, -0.25) is 4.79 Å². The highest BCUT2D eigenvalue weighted by atomic mass is 35.5. The van der Waals surface area contributed by atoms with Gasteiger partial charge in [-0.2, -0.15) is 0 Å². The fourth-order valence-corrected chi connectivity index (χ4v) is 4.89. The molecule has 0 atom stereocenters. The number of carbonyl (C=O) groups is 1. The normalized spacial score (nSPS) is 14.0. The third-order valence-corrected chi connectivity index (χ3v) is 7.01. The van der Waals surface area contributed by atoms with Crippen molar-refractivity contribution in [2.24, 2.45) is 4.99 Å². The van der Waals surface area contributed by atoms with Crippen LogP contribution in [0.3, 0.4) is 0 Å². The van der Waals surface area contributed by atoms with E-state index in [4.69, 9.17) is 16.6 Å². The Morgan fingerprint density at radius 1 is 1.10 bits per heavy atom. The quantitative estimate of drug-likeness (QED) is 0.363. The molecule has 0 unspecified atom stereocenters. The number of fused-ring (bicyclic) bond motifs is 3. The maximum Gasteiger partial charge on any atom is 0.251 e. The third-order valence-electron chi connectivity index (χ3n) is 6.81. The van der Waals surface area contributed by atoms with Crippen LogP contribution in [0.1, 0.15) is 27.2 Å². The lowest BCUT2D eigenvalue weighted by molar-refractivity contribution is 0.0963. The van der Waals surface area contributed by atoms with Crippen LogP contribution < -0.4 is 20.9 Å². The Bertz CT molecular complexity index is 1580. The van der Waals surface area contributed by atoms with Crippen molar-refractivity contribution in [2.45, 2.75) is 6.42 Å². The summed E-state index contributed by atoms with van der Waals surface area (Å²) in [6, 6.07) is 12.1. The number of carbonyl (C=O) groups excluding carboxylic acids is 1. The number of allylic oxidation sites excluding steroid dienone is 5. The van der Waals surface area contributed by atoms with Gasteiger partial charge < -0.3 is 20.9 Å². The number of anilines is 3. The average molecular weight is 558 g/mol. The van der Waals surface area contributed by atoms with Gasteiger partial charge in [-0.1, -0.05) is 23.7 Å². The van der Waals surface area contributed by atoms with Gasteiger partial charge in [0, 0.05) is 73.2 Å². The maximum atomic E-state index is 15.6. The average Bonchev–Trinajstić information content (AvgIpc) is 3.14. The lowest BCUT2D eigenvalue weighted by atomic mass is 9.84. The molecule has 5 rings (SSSR count). The highest BCUT2D eigenvalue weighted by molar-refractivity contribution is 6.69. The standard InChI is InChI=1S/C30H29ClFN7O/c1-33-13-14-39(3)25-6-4-5-24(32)27(25)22-15-26(31)35-17-23-21(22)12-9-19-16-36-30(38-28(19)23)37-20-10-7-18(8-11-20)29(40)34-2/h4-8,10-12,15-17,33H,9,13-14H2,1-3H3,(H,34,40)(H,36,37,38). The summed E-state index contributed by atoms with van der Waals surface area (Å²) in [7, 11) is 5.42. The van der Waals surface area contributed by atoms with Gasteiger partial charge in [-0.05, 0) is 67.1 Å². The van der Waals surface area contributed by atoms with Crippen molar-refractivity contribution in [3.63, 3.8) is 0 Å². The van der Waals surface area contributed by atoms with Gasteiger partial charge in [0.15, 0.2) is 0 Å². The molecule has 8 nitrogen and oxygen atoms in total. The van der Waals surface area contributed by atoms with Crippen molar-refractivity contribution in [1.82, 2.24) is 20.6 Å². The van der Waals surface area contributed by atoms with E-state index < -0.39 is 0 Å². The molecule has 0 radical (unpaired) electrons. The number of hydrogen-bond donors (Lipinski definition) is 3. The predicted molar refractivity (Wildman–Crippen MR) is 160 cm³/mol. The van der Waals surface area contributed by atoms with E-state index in [0.717, 1.165) is 34.6 Å². The Morgan fingerprint density at radius 3 is 2.65 bits per heavy atom. The molecule has 10 heteroatoms. The van der Waals surface area contributed by atoms with Crippen LogP contribution in [0.15, 0.2) is 77.6 Å². The molecule has 2 aromatic carbocycles. The van der Waals surface area contributed by atoms with Crippen LogP contribution in [-0.2, 0) is 6.42 Å². The van der Waals surface area contributed by atoms with Gasteiger partial charge >= 0.3 is 0 Å². The Hall–Kier alpha value is -4.34. The van der Waals surface area contributed by atoms with Gasteiger partial charge in [-0.25, -0.2) is 19.4 Å². The lowest BCUT2D eigenvalue weighted by Gasteiger charge is -2.26. The van der Waals surface area contributed by atoms with Crippen LogP contribution in [-0.4, -0.2) is 55.3 Å². The number of rotatable bonds is 8. The van der Waals surface area contributed by atoms with E-state index in [1.165, 1.54) is 6.07 Å². The minimum Gasteiger partial charge on any atom is -0.373 e. The second-order valence-corrected chi connectivity index (χ2v) is 9.77. The molecular weight excluding hydrogens is 529 g/mol. The van der Waals surface area contributed by atoms with Crippen LogP contribution in [0, 0.1) is 5.82 Å². The van der Waals surface area contributed by atoms with Gasteiger partial charge in [0.2, 0.25) is 5.95 Å². The first-order valence-corrected chi connectivity index (χ1v) is 13.2. The van der Waals surface area contributed by atoms with Crippen molar-refractivity contribution in [2.75, 3.05) is 44.4 Å². The summed E-state index contributed by atoms with van der Waals surface area (Å²) >= 11 is 6.49. The van der Waals surface area contributed by atoms with E-state index in [2.05, 4.69) is 25.9 Å². The van der Waals surface area contributed by atoms with Gasteiger partial charge in [0.05, 0.1) is 5.69 Å². The van der Waals surface area contributed by atoms with Crippen LogP contribution in [0.5, 0.6) is 0 Å². The van der Waals surface area contributed by atoms with E-state index in [1.54, 1.807) is 55.9 Å². The highest BCUT2D eigenvalue weighted by Gasteiger charge is 2.28. The van der Waals surface area contributed by atoms with Gasteiger partial charge in [0.25, 0.3) is 5.91 Å². The molecule has 0 fully saturated rings. The molecule has 0 saturated heterocycles. The molecule has 2 heterocycles. The van der Waals surface area contributed by atoms with E-state index >= 15 is 4.39 Å². The largest absolute Gasteiger partial charge is 0.373 e. The molecule has 204 valence electrons. The third kappa shape index (κ3) is 5.52. The number of benzene rings is 2. The fraction of sp³-hybridized carbons (Fsp3) is 0.200. The summed E-state index contributed by atoms with van der Waals surface area (Å²) in [5, 5.41) is 9.20. The number of hydrogen-bond acceptors (Lipinski definition) is 7. The fourth-order valence-electron chi connectivity index (χ4n) is 4.73. The molecule has 0 bridgehead atoms. The molecule has 1 aromatic heterocycles. The van der Waals surface area contributed by atoms with Crippen molar-refractivity contribution in [3.05, 3.63) is 101 Å². The smallest absolute Gasteiger partial charge is 0.251 e. The molecule has 3 N–H and O–H groups in total. The Labute approximate surface area is 237 Å². The first-order valence-electron chi connectivity index (χ1n) is 12.9. The van der Waals surface area contributed by atoms with Crippen LogP contribution >= 0.6 is 11.6 Å². The minimum absolute atomic E-state index is 0.162. The molecule has 1 aliphatic heterocycles. The summed E-state index contributed by atoms with van der Waals surface area (Å²) in [4.78, 5) is 27.6. The second kappa shape index (κ2) is 11.8. The van der Waals surface area contributed by atoms with Crippen LogP contribution in [0.4, 0.5) is 21.7 Å². The summed E-state index contributed by atoms with van der Waals surface area (Å²) in [6.07, 6.45) is 7.78. The number of nitrogens with zero attached hydrogens (tertiary/aromatic N) is 4. The van der Waals surface area contributed by atoms with Gasteiger partial charge in [0.1, 0.15) is 11.0 Å². The zero-order valence-electron chi connectivity index (χ0n) is 22.4. The summed E-state index contributed by atoms with van der Waals surface area (Å²) < 4.78 is 15.6. The summed E-state index contributed by atoms with van der Waals surface area (Å²) in [5.41, 5.74) is 6.29. The Morgan fingerprint density at radius 2 is 1.90 bits per heavy atom. The molecule has 1 aliphatic carbocycles. The van der Waals surface area contributed by atoms with Gasteiger partial charge in [-0.15, -0.1) is 0 Å². The van der Waals surface area contributed by atoms with E-state index in [9.17, 15) is 4.79 Å². The molecule has 1 amide bonds. The van der Waals surface area contributed by atoms with E-state index in [0.29, 0.717) is 41.3 Å². The maximum absolute atomic E-state index is 15.6. The van der Waals surface area contributed by atoms with Crippen LogP contribution in [0.25, 0.3) is 11.1 Å². The predicted octanol–water partition coefficient (Wildman–Crippen LogP) is 4.93. The number of halogens is 2. The molecule has 3 aromatic rings. The molecule has 2 aliphatic rings. The summed E-state index contributed by atoms with van der Waals surface area (Å²) in [5.74, 6) is -0.120. The number of amides is 1. The minimum atomic E-state index is -0.345. The van der Waals surface area contributed by atoms with E-state index in [-0.39, 0.29) is 16.9 Å². The van der Waals surface area contributed by atoms with Crippen molar-refractivity contribution >= 4 is 51.1 Å². The van der Waals surface area contributed by atoms with Crippen molar-refractivity contribution in [3.8, 4) is 0 Å². The Balaban J connectivity index is 1.51. The number of aliphatic imine (C=N–C) groups is 1. The van der Waals surface area contributed by atoms with Crippen molar-refractivity contribution < 1.29 is 9.18 Å². The monoisotopic (exact) mass is 557 g/mol. The Kier molecular flexibility index (Phi) is 8.04. The number of likely N-dealkylation sites (N-methyl/N-ethyl adjacent to an activating group) is 2. The molecule has 0 saturated carbocycles. The van der Waals surface area contributed by atoms with Crippen LogP contribution in [0.2, 0.25) is 0 Å².